The van der Waals surface area contributed by atoms with Gasteiger partial charge in [-0.25, -0.2) is 0 Å². The van der Waals surface area contributed by atoms with Crippen molar-refractivity contribution in [1.29, 1.82) is 0 Å². The Morgan fingerprint density at radius 3 is 2.73 bits per heavy atom. The maximum absolute atomic E-state index is 6.06. The summed E-state index contributed by atoms with van der Waals surface area (Å²) >= 11 is 14.8. The van der Waals surface area contributed by atoms with E-state index in [4.69, 9.17) is 23.2 Å². The van der Waals surface area contributed by atoms with Crippen LogP contribution in [-0.4, -0.2) is 9.59 Å². The molecule has 0 aliphatic rings. The Labute approximate surface area is 106 Å². The molecule has 0 aliphatic carbocycles. The van der Waals surface area contributed by atoms with Crippen LogP contribution < -0.4 is 0 Å². The average Bonchev–Trinajstić information content (AvgIpc) is 2.57. The van der Waals surface area contributed by atoms with E-state index in [1.54, 1.807) is 17.8 Å². The van der Waals surface area contributed by atoms with E-state index in [0.29, 0.717) is 10.0 Å². The number of nitrogens with zero attached hydrogens (tertiary/aromatic N) is 2. The number of aromatic nitrogens is 2. The van der Waals surface area contributed by atoms with Gasteiger partial charge in [0.1, 0.15) is 4.21 Å². The summed E-state index contributed by atoms with van der Waals surface area (Å²) in [6.07, 6.45) is 0. The second kappa shape index (κ2) is 4.70. The van der Waals surface area contributed by atoms with Crippen molar-refractivity contribution in [3.63, 3.8) is 0 Å². The number of halogens is 2. The Balaban J connectivity index is 2.29. The van der Waals surface area contributed by atoms with Crippen LogP contribution in [0.15, 0.2) is 27.3 Å². The Morgan fingerprint density at radius 2 is 2.13 bits per heavy atom. The third kappa shape index (κ3) is 2.64. The highest BCUT2D eigenvalue weighted by atomic mass is 35.5. The number of aryl methyl sites for hydroxylation is 1. The first kappa shape index (κ1) is 11.2. The highest BCUT2D eigenvalue weighted by Crippen LogP contribution is 2.37. The Hall–Kier alpha value is -0.290. The number of hydrogen-bond donors (Lipinski definition) is 0. The minimum Gasteiger partial charge on any atom is -0.142 e. The summed E-state index contributed by atoms with van der Waals surface area (Å²) < 4.78 is 4.92. The van der Waals surface area contributed by atoms with Gasteiger partial charge in [-0.05, 0) is 36.7 Å². The van der Waals surface area contributed by atoms with Crippen LogP contribution in [0.2, 0.25) is 10.0 Å². The molecule has 1 heterocycles. The molecule has 0 saturated carbocycles. The molecule has 1 aromatic carbocycles. The molecule has 0 atom stereocenters. The maximum Gasteiger partial charge on any atom is 0.109 e. The summed E-state index contributed by atoms with van der Waals surface area (Å²) in [6, 6.07) is 5.45. The average molecular weight is 277 g/mol. The van der Waals surface area contributed by atoms with Gasteiger partial charge in [-0.1, -0.05) is 39.5 Å². The van der Waals surface area contributed by atoms with Crippen LogP contribution in [-0.2, 0) is 0 Å². The van der Waals surface area contributed by atoms with Crippen molar-refractivity contribution in [2.45, 2.75) is 16.0 Å². The van der Waals surface area contributed by atoms with Crippen LogP contribution in [0.1, 0.15) is 5.69 Å². The zero-order chi connectivity index (χ0) is 10.8. The summed E-state index contributed by atoms with van der Waals surface area (Å²) in [5, 5.41) is 5.23. The van der Waals surface area contributed by atoms with Gasteiger partial charge >= 0.3 is 0 Å². The third-order valence-electron chi connectivity index (χ3n) is 1.71. The molecule has 0 aliphatic heterocycles. The van der Waals surface area contributed by atoms with E-state index in [9.17, 15) is 0 Å². The predicted molar refractivity (Wildman–Crippen MR) is 65.2 cm³/mol. The molecule has 6 heteroatoms. The second-order valence-corrected chi connectivity index (χ2v) is 5.73. The zero-order valence-electron chi connectivity index (χ0n) is 7.70. The first-order valence-corrected chi connectivity index (χ1v) is 6.43. The van der Waals surface area contributed by atoms with Gasteiger partial charge in [0.25, 0.3) is 0 Å². The lowest BCUT2D eigenvalue weighted by Gasteiger charge is -2.01. The number of hydrogen-bond acceptors (Lipinski definition) is 4. The van der Waals surface area contributed by atoms with Crippen molar-refractivity contribution < 1.29 is 0 Å². The summed E-state index contributed by atoms with van der Waals surface area (Å²) in [5.41, 5.74) is 0.927. The molecular weight excluding hydrogens is 271 g/mol. The molecule has 0 unspecified atom stereocenters. The highest BCUT2D eigenvalue weighted by Gasteiger charge is 2.08. The van der Waals surface area contributed by atoms with E-state index in [2.05, 4.69) is 9.59 Å². The largest absolute Gasteiger partial charge is 0.142 e. The van der Waals surface area contributed by atoms with Crippen molar-refractivity contribution in [3.05, 3.63) is 33.9 Å². The monoisotopic (exact) mass is 276 g/mol. The van der Waals surface area contributed by atoms with Crippen molar-refractivity contribution in [2.75, 3.05) is 0 Å². The first-order valence-electron chi connectivity index (χ1n) is 4.08. The second-order valence-electron chi connectivity index (χ2n) is 2.82. The van der Waals surface area contributed by atoms with Crippen LogP contribution >= 0.6 is 46.5 Å². The van der Waals surface area contributed by atoms with Crippen LogP contribution in [0.4, 0.5) is 0 Å². The number of rotatable bonds is 2. The predicted octanol–water partition coefficient (Wildman–Crippen LogP) is 4.30. The summed E-state index contributed by atoms with van der Waals surface area (Å²) in [4.78, 5) is 0.968. The molecule has 0 radical (unpaired) electrons. The molecule has 0 N–H and O–H groups in total. The van der Waals surface area contributed by atoms with Gasteiger partial charge in [-0.2, -0.15) is 0 Å². The minimum absolute atomic E-state index is 0.642. The van der Waals surface area contributed by atoms with Crippen LogP contribution in [0, 0.1) is 6.92 Å². The Kier molecular flexibility index (Phi) is 3.51. The van der Waals surface area contributed by atoms with E-state index < -0.39 is 0 Å². The van der Waals surface area contributed by atoms with Crippen molar-refractivity contribution in [3.8, 4) is 0 Å². The Morgan fingerprint density at radius 1 is 1.33 bits per heavy atom. The van der Waals surface area contributed by atoms with Crippen molar-refractivity contribution in [1.82, 2.24) is 9.59 Å². The lowest BCUT2D eigenvalue weighted by Crippen LogP contribution is -1.76. The van der Waals surface area contributed by atoms with Gasteiger partial charge < -0.3 is 0 Å². The van der Waals surface area contributed by atoms with Gasteiger partial charge in [0.15, 0.2) is 0 Å². The number of benzene rings is 1. The van der Waals surface area contributed by atoms with Gasteiger partial charge in [0.2, 0.25) is 0 Å². The highest BCUT2D eigenvalue weighted by molar-refractivity contribution is 8.01. The molecule has 0 amide bonds. The van der Waals surface area contributed by atoms with Crippen LogP contribution in [0.5, 0.6) is 0 Å². The summed E-state index contributed by atoms with van der Waals surface area (Å²) in [7, 11) is 0. The van der Waals surface area contributed by atoms with E-state index in [1.165, 1.54) is 11.5 Å². The molecule has 0 bridgehead atoms. The normalized spacial score (nSPS) is 10.6. The van der Waals surface area contributed by atoms with Crippen molar-refractivity contribution >= 4 is 46.5 Å². The zero-order valence-corrected chi connectivity index (χ0v) is 10.8. The van der Waals surface area contributed by atoms with Crippen LogP contribution in [0.25, 0.3) is 0 Å². The standard InChI is InChI=1S/C9H6Cl2N2S2/c1-5-9(15-13-12-5)14-8-3-2-6(10)4-7(8)11/h2-4H,1H3. The SMILES string of the molecule is Cc1nnsc1Sc1ccc(Cl)cc1Cl. The van der Waals surface area contributed by atoms with Crippen molar-refractivity contribution in [2.24, 2.45) is 0 Å². The smallest absolute Gasteiger partial charge is 0.109 e. The molecule has 2 aromatic rings. The molecule has 15 heavy (non-hydrogen) atoms. The van der Waals surface area contributed by atoms with Gasteiger partial charge in [0, 0.05) is 9.92 Å². The molecule has 0 fully saturated rings. The fourth-order valence-corrected chi connectivity index (χ4v) is 3.11. The Bertz CT molecular complexity index is 485. The van der Waals surface area contributed by atoms with E-state index >= 15 is 0 Å². The van der Waals surface area contributed by atoms with E-state index in [-0.39, 0.29) is 0 Å². The fraction of sp³-hybridized carbons (Fsp3) is 0.111. The molecule has 0 spiro atoms. The quantitative estimate of drug-likeness (QED) is 0.818. The molecule has 78 valence electrons. The topological polar surface area (TPSA) is 25.8 Å². The molecule has 2 nitrogen and oxygen atoms in total. The lowest BCUT2D eigenvalue weighted by atomic mass is 10.4. The summed E-state index contributed by atoms with van der Waals surface area (Å²) in [5.74, 6) is 0. The molecule has 2 rings (SSSR count). The maximum atomic E-state index is 6.06. The van der Waals surface area contributed by atoms with Gasteiger partial charge in [-0.3, -0.25) is 0 Å². The summed E-state index contributed by atoms with van der Waals surface area (Å²) in [6.45, 7) is 1.93. The van der Waals surface area contributed by atoms with E-state index in [1.807, 2.05) is 19.1 Å². The fourth-order valence-electron chi connectivity index (χ4n) is 0.976. The third-order valence-corrected chi connectivity index (χ3v) is 4.52. The van der Waals surface area contributed by atoms with Gasteiger partial charge in [-0.15, -0.1) is 5.10 Å². The molecular formula is C9H6Cl2N2S2. The minimum atomic E-state index is 0.642. The lowest BCUT2D eigenvalue weighted by molar-refractivity contribution is 1.07. The van der Waals surface area contributed by atoms with Gasteiger partial charge in [0.05, 0.1) is 10.7 Å². The van der Waals surface area contributed by atoms with Crippen LogP contribution in [0.3, 0.4) is 0 Å². The molecule has 0 saturated heterocycles. The first-order chi connectivity index (χ1) is 7.16. The molecule has 1 aromatic heterocycles. The van der Waals surface area contributed by atoms with E-state index in [0.717, 1.165) is 14.8 Å².